The van der Waals surface area contributed by atoms with Crippen LogP contribution >= 0.6 is 0 Å². The lowest BCUT2D eigenvalue weighted by Gasteiger charge is -2.47. The first-order valence-electron chi connectivity index (χ1n) is 10.4. The minimum Gasteiger partial charge on any atom is -0.509 e. The first-order chi connectivity index (χ1) is 13.3. The summed E-state index contributed by atoms with van der Waals surface area (Å²) >= 11 is 0. The van der Waals surface area contributed by atoms with Crippen molar-refractivity contribution in [2.75, 3.05) is 19.7 Å². The molecule has 2 fully saturated rings. The maximum absolute atomic E-state index is 13.2. The first-order valence-corrected chi connectivity index (χ1v) is 10.4. The number of rotatable bonds is 0. The highest BCUT2D eigenvalue weighted by atomic mass is 16.5. The smallest absolute Gasteiger partial charge is 0.339 e. The standard InChI is InChI=1S/C22H25NO5/c1-10-8-23-9-11-3-4-13(24)15-12-5-6-28-20(26)16(12)17-18(15)21(11,2)14(23)7-22(10,27)19(17)25/h10-11,14,25,27H,3-9H2,1-2H3. The molecular weight excluding hydrogens is 358 g/mol. The van der Waals surface area contributed by atoms with E-state index in [9.17, 15) is 19.8 Å². The summed E-state index contributed by atoms with van der Waals surface area (Å²) in [6, 6.07) is 0.0478. The van der Waals surface area contributed by atoms with Gasteiger partial charge in [0.1, 0.15) is 11.4 Å². The van der Waals surface area contributed by atoms with Crippen LogP contribution in [-0.4, -0.2) is 58.2 Å². The zero-order valence-corrected chi connectivity index (χ0v) is 16.2. The largest absolute Gasteiger partial charge is 0.509 e. The van der Waals surface area contributed by atoms with E-state index in [1.165, 1.54) is 0 Å². The Morgan fingerprint density at radius 1 is 1.14 bits per heavy atom. The Bertz CT molecular complexity index is 958. The summed E-state index contributed by atoms with van der Waals surface area (Å²) in [6.45, 7) is 6.01. The topological polar surface area (TPSA) is 87.1 Å². The summed E-state index contributed by atoms with van der Waals surface area (Å²) < 4.78 is 5.31. The van der Waals surface area contributed by atoms with Gasteiger partial charge in [-0.3, -0.25) is 9.69 Å². The number of ketones is 1. The fraction of sp³-hybridized carbons (Fsp3) is 0.636. The van der Waals surface area contributed by atoms with Crippen LogP contribution in [0.4, 0.5) is 0 Å². The number of piperidine rings is 1. The number of ether oxygens (including phenoxy) is 1. The van der Waals surface area contributed by atoms with E-state index in [-0.39, 0.29) is 41.4 Å². The fourth-order valence-electron chi connectivity index (χ4n) is 7.08. The summed E-state index contributed by atoms with van der Waals surface area (Å²) in [5, 5.41) is 23.1. The number of aliphatic hydroxyl groups is 2. The molecule has 0 spiro atoms. The normalized spacial score (nSPS) is 44.6. The molecule has 6 aliphatic rings. The monoisotopic (exact) mass is 383 g/mol. The molecule has 0 saturated carbocycles. The molecule has 3 aliphatic carbocycles. The van der Waals surface area contributed by atoms with Crippen molar-refractivity contribution in [3.05, 3.63) is 33.6 Å². The van der Waals surface area contributed by atoms with Crippen LogP contribution in [0.25, 0.3) is 0 Å². The van der Waals surface area contributed by atoms with Crippen LogP contribution in [0.3, 0.4) is 0 Å². The second-order valence-electron chi connectivity index (χ2n) is 9.65. The minimum absolute atomic E-state index is 0.0478. The van der Waals surface area contributed by atoms with Gasteiger partial charge in [0.2, 0.25) is 0 Å². The lowest BCUT2D eigenvalue weighted by Crippen LogP contribution is -2.56. The van der Waals surface area contributed by atoms with E-state index in [1.807, 2.05) is 6.92 Å². The molecule has 0 aromatic carbocycles. The fourth-order valence-corrected chi connectivity index (χ4v) is 7.08. The number of hydrogen-bond acceptors (Lipinski definition) is 6. The molecule has 6 nitrogen and oxygen atoms in total. The molecule has 6 rings (SSSR count). The van der Waals surface area contributed by atoms with Gasteiger partial charge in [-0.25, -0.2) is 4.79 Å². The van der Waals surface area contributed by atoms with Crippen molar-refractivity contribution in [1.82, 2.24) is 4.90 Å². The second-order valence-corrected chi connectivity index (χ2v) is 9.65. The average Bonchev–Trinajstić information content (AvgIpc) is 3.09. The van der Waals surface area contributed by atoms with Crippen LogP contribution in [0, 0.1) is 17.3 Å². The number of esters is 1. The van der Waals surface area contributed by atoms with Crippen molar-refractivity contribution in [2.24, 2.45) is 17.3 Å². The molecule has 28 heavy (non-hydrogen) atoms. The third kappa shape index (κ3) is 1.65. The van der Waals surface area contributed by atoms with Gasteiger partial charge < -0.3 is 14.9 Å². The number of fused-ring (bicyclic) bond motifs is 3. The van der Waals surface area contributed by atoms with Crippen molar-refractivity contribution in [2.45, 2.75) is 51.2 Å². The Labute approximate surface area is 163 Å². The quantitative estimate of drug-likeness (QED) is 0.621. The molecule has 2 N–H and O–H groups in total. The van der Waals surface area contributed by atoms with Gasteiger partial charge in [-0.05, 0) is 23.5 Å². The van der Waals surface area contributed by atoms with Gasteiger partial charge in [0.05, 0.1) is 12.2 Å². The molecule has 6 heteroatoms. The van der Waals surface area contributed by atoms with E-state index in [0.29, 0.717) is 42.5 Å². The Balaban J connectivity index is 1.76. The summed E-state index contributed by atoms with van der Waals surface area (Å²) in [6.07, 6.45) is 2.20. The number of carbonyl (C=O) groups is 2. The van der Waals surface area contributed by atoms with Crippen molar-refractivity contribution in [3.8, 4) is 0 Å². The van der Waals surface area contributed by atoms with Crippen molar-refractivity contribution >= 4 is 11.8 Å². The molecule has 148 valence electrons. The molecule has 3 heterocycles. The molecule has 0 aromatic heterocycles. The number of Topliss-reactive ketones (excluding diaryl/α,β-unsaturated/α-hetero) is 1. The maximum atomic E-state index is 13.2. The van der Waals surface area contributed by atoms with E-state index in [4.69, 9.17) is 4.74 Å². The van der Waals surface area contributed by atoms with Gasteiger partial charge in [-0.15, -0.1) is 0 Å². The summed E-state index contributed by atoms with van der Waals surface area (Å²) in [4.78, 5) is 28.5. The Hall–Kier alpha value is -1.92. The first kappa shape index (κ1) is 17.0. The Morgan fingerprint density at radius 3 is 2.71 bits per heavy atom. The third-order valence-electron chi connectivity index (χ3n) is 8.59. The minimum atomic E-state index is -1.39. The molecular formula is C22H25NO5. The number of carbonyl (C=O) groups excluding carboxylic acids is 2. The van der Waals surface area contributed by atoms with E-state index in [0.717, 1.165) is 24.1 Å². The zero-order valence-electron chi connectivity index (χ0n) is 16.2. The lowest BCUT2D eigenvalue weighted by molar-refractivity contribution is -0.139. The highest BCUT2D eigenvalue weighted by molar-refractivity contribution is 6.11. The molecule has 5 atom stereocenters. The van der Waals surface area contributed by atoms with Crippen LogP contribution < -0.4 is 0 Å². The number of nitrogens with zero attached hydrogens (tertiary/aromatic N) is 1. The SMILES string of the molecule is CC1CN2CC3CCC(=O)C4=C5C(=C(O)C1(O)CC2C53C)C1=C4CCOC1=O. The highest BCUT2D eigenvalue weighted by Crippen LogP contribution is 2.64. The van der Waals surface area contributed by atoms with Crippen LogP contribution in [0.1, 0.15) is 39.5 Å². The van der Waals surface area contributed by atoms with Crippen LogP contribution in [-0.2, 0) is 14.3 Å². The second kappa shape index (κ2) is 4.97. The zero-order chi connectivity index (χ0) is 19.6. The highest BCUT2D eigenvalue weighted by Gasteiger charge is 2.66. The average molecular weight is 383 g/mol. The van der Waals surface area contributed by atoms with Gasteiger partial charge in [0.15, 0.2) is 5.78 Å². The molecule has 0 aromatic rings. The van der Waals surface area contributed by atoms with E-state index in [1.54, 1.807) is 0 Å². The van der Waals surface area contributed by atoms with E-state index < -0.39 is 11.6 Å². The maximum Gasteiger partial charge on any atom is 0.339 e. The molecule has 5 unspecified atom stereocenters. The number of allylic oxidation sites excluding steroid dienone is 1. The van der Waals surface area contributed by atoms with Crippen molar-refractivity contribution in [3.63, 3.8) is 0 Å². The summed E-state index contributed by atoms with van der Waals surface area (Å²) in [5.74, 6) is -0.436. The van der Waals surface area contributed by atoms with Gasteiger partial charge in [-0.1, -0.05) is 13.8 Å². The molecule has 3 aliphatic heterocycles. The summed E-state index contributed by atoms with van der Waals surface area (Å²) in [5.41, 5.74) is 1.18. The predicted molar refractivity (Wildman–Crippen MR) is 99.2 cm³/mol. The number of cyclic esters (lactones) is 1. The van der Waals surface area contributed by atoms with Gasteiger partial charge in [0, 0.05) is 60.9 Å². The van der Waals surface area contributed by atoms with Crippen molar-refractivity contribution in [1.29, 1.82) is 0 Å². The van der Waals surface area contributed by atoms with Crippen LogP contribution in [0.15, 0.2) is 33.6 Å². The van der Waals surface area contributed by atoms with Crippen LogP contribution in [0.5, 0.6) is 0 Å². The molecule has 0 amide bonds. The summed E-state index contributed by atoms with van der Waals surface area (Å²) in [7, 11) is 0. The molecule has 2 bridgehead atoms. The Kier molecular flexibility index (Phi) is 3.02. The van der Waals surface area contributed by atoms with Gasteiger partial charge in [-0.2, -0.15) is 0 Å². The Morgan fingerprint density at radius 2 is 1.93 bits per heavy atom. The third-order valence-corrected chi connectivity index (χ3v) is 8.59. The van der Waals surface area contributed by atoms with E-state index in [2.05, 4.69) is 11.8 Å². The number of aliphatic hydroxyl groups excluding tert-OH is 1. The van der Waals surface area contributed by atoms with Crippen LogP contribution in [0.2, 0.25) is 0 Å². The van der Waals surface area contributed by atoms with Crippen molar-refractivity contribution < 1.29 is 24.5 Å². The van der Waals surface area contributed by atoms with Gasteiger partial charge >= 0.3 is 5.97 Å². The van der Waals surface area contributed by atoms with E-state index >= 15 is 0 Å². The van der Waals surface area contributed by atoms with Gasteiger partial charge in [0.25, 0.3) is 0 Å². The molecule has 0 radical (unpaired) electrons. The predicted octanol–water partition coefficient (Wildman–Crippen LogP) is 1.81. The number of hydrogen-bond donors (Lipinski definition) is 2. The molecule has 2 saturated heterocycles. The lowest BCUT2D eigenvalue weighted by atomic mass is 9.65.